The Morgan fingerprint density at radius 3 is 2.67 bits per heavy atom. The second-order valence-corrected chi connectivity index (χ2v) is 4.84. The fourth-order valence-electron chi connectivity index (χ4n) is 2.40. The van der Waals surface area contributed by atoms with E-state index in [1.807, 2.05) is 0 Å². The Hall–Kier alpha value is -1.58. The van der Waals surface area contributed by atoms with E-state index in [-0.39, 0.29) is 23.9 Å². The largest absolute Gasteiger partial charge is 0.335 e. The van der Waals surface area contributed by atoms with Crippen LogP contribution in [0.5, 0.6) is 0 Å². The highest BCUT2D eigenvalue weighted by molar-refractivity contribution is 5.74. The molecule has 1 saturated carbocycles. The molecule has 1 fully saturated rings. The SMILES string of the molecule is C[C@H](NC(=O)NC1CCCC1)c1ccccc1F. The van der Waals surface area contributed by atoms with Gasteiger partial charge >= 0.3 is 6.03 Å². The van der Waals surface area contributed by atoms with Gasteiger partial charge in [0.25, 0.3) is 0 Å². The van der Waals surface area contributed by atoms with Crippen LogP contribution < -0.4 is 10.6 Å². The van der Waals surface area contributed by atoms with E-state index in [9.17, 15) is 9.18 Å². The molecule has 0 bridgehead atoms. The number of hydrogen-bond acceptors (Lipinski definition) is 1. The molecule has 2 amide bonds. The van der Waals surface area contributed by atoms with Crippen LogP contribution in [0.25, 0.3) is 0 Å². The molecule has 0 aliphatic heterocycles. The molecular formula is C14H19FN2O. The quantitative estimate of drug-likeness (QED) is 0.850. The molecule has 1 aliphatic carbocycles. The minimum absolute atomic E-state index is 0.211. The van der Waals surface area contributed by atoms with Crippen LogP contribution >= 0.6 is 0 Å². The third-order valence-corrected chi connectivity index (χ3v) is 3.41. The Balaban J connectivity index is 1.88. The number of urea groups is 1. The lowest BCUT2D eigenvalue weighted by molar-refractivity contribution is 0.234. The van der Waals surface area contributed by atoms with Crippen molar-refractivity contribution in [1.82, 2.24) is 10.6 Å². The molecule has 0 heterocycles. The third kappa shape index (κ3) is 3.22. The second-order valence-electron chi connectivity index (χ2n) is 4.84. The van der Waals surface area contributed by atoms with Crippen molar-refractivity contribution < 1.29 is 9.18 Å². The van der Waals surface area contributed by atoms with Gasteiger partial charge in [-0.2, -0.15) is 0 Å². The second kappa shape index (κ2) is 5.85. The number of hydrogen-bond donors (Lipinski definition) is 2. The fraction of sp³-hybridized carbons (Fsp3) is 0.500. The van der Waals surface area contributed by atoms with E-state index in [2.05, 4.69) is 10.6 Å². The van der Waals surface area contributed by atoms with E-state index in [0.29, 0.717) is 5.56 Å². The van der Waals surface area contributed by atoms with Crippen molar-refractivity contribution in [2.45, 2.75) is 44.7 Å². The highest BCUT2D eigenvalue weighted by Gasteiger charge is 2.19. The molecule has 0 radical (unpaired) electrons. The molecule has 2 N–H and O–H groups in total. The Morgan fingerprint density at radius 1 is 1.33 bits per heavy atom. The summed E-state index contributed by atoms with van der Waals surface area (Å²) in [5.74, 6) is -0.286. The van der Waals surface area contributed by atoms with E-state index in [1.54, 1.807) is 25.1 Å². The van der Waals surface area contributed by atoms with Gasteiger partial charge in [0, 0.05) is 11.6 Å². The van der Waals surface area contributed by atoms with Crippen LogP contribution in [0.2, 0.25) is 0 Å². The number of amides is 2. The molecule has 3 nitrogen and oxygen atoms in total. The van der Waals surface area contributed by atoms with E-state index in [4.69, 9.17) is 0 Å². The zero-order chi connectivity index (χ0) is 13.0. The minimum atomic E-state index is -0.326. The van der Waals surface area contributed by atoms with Gasteiger partial charge in [-0.3, -0.25) is 0 Å². The lowest BCUT2D eigenvalue weighted by Gasteiger charge is -2.18. The summed E-state index contributed by atoms with van der Waals surface area (Å²) in [5.41, 5.74) is 0.513. The van der Waals surface area contributed by atoms with Gasteiger partial charge in [0.1, 0.15) is 5.82 Å². The molecule has 0 aromatic heterocycles. The van der Waals surface area contributed by atoms with Crippen molar-refractivity contribution in [2.75, 3.05) is 0 Å². The van der Waals surface area contributed by atoms with Crippen LogP contribution in [0.3, 0.4) is 0 Å². The van der Waals surface area contributed by atoms with E-state index in [1.165, 1.54) is 18.9 Å². The van der Waals surface area contributed by atoms with Gasteiger partial charge in [0.05, 0.1) is 6.04 Å². The minimum Gasteiger partial charge on any atom is -0.335 e. The monoisotopic (exact) mass is 250 g/mol. The van der Waals surface area contributed by atoms with E-state index in [0.717, 1.165) is 12.8 Å². The Morgan fingerprint density at radius 2 is 2.00 bits per heavy atom. The lowest BCUT2D eigenvalue weighted by atomic mass is 10.1. The number of halogens is 1. The van der Waals surface area contributed by atoms with Crippen molar-refractivity contribution in [3.05, 3.63) is 35.6 Å². The number of rotatable bonds is 3. The summed E-state index contributed by atoms with van der Waals surface area (Å²) in [6.07, 6.45) is 4.44. The lowest BCUT2D eigenvalue weighted by Crippen LogP contribution is -2.42. The molecule has 18 heavy (non-hydrogen) atoms. The van der Waals surface area contributed by atoms with Gasteiger partial charge in [-0.1, -0.05) is 31.0 Å². The average Bonchev–Trinajstić information content (AvgIpc) is 2.82. The maximum Gasteiger partial charge on any atom is 0.315 e. The first-order valence-electron chi connectivity index (χ1n) is 6.48. The summed E-state index contributed by atoms with van der Waals surface area (Å²) in [5, 5.41) is 5.70. The summed E-state index contributed by atoms with van der Waals surface area (Å²) >= 11 is 0. The van der Waals surface area contributed by atoms with Gasteiger partial charge in [0.2, 0.25) is 0 Å². The fourth-order valence-corrected chi connectivity index (χ4v) is 2.40. The average molecular weight is 250 g/mol. The first kappa shape index (κ1) is 12.9. The maximum absolute atomic E-state index is 13.5. The molecule has 0 unspecified atom stereocenters. The van der Waals surface area contributed by atoms with Crippen LogP contribution in [-0.4, -0.2) is 12.1 Å². The van der Waals surface area contributed by atoms with Gasteiger partial charge in [-0.25, -0.2) is 9.18 Å². The summed E-state index contributed by atoms with van der Waals surface area (Å²) in [7, 11) is 0. The molecule has 0 saturated heterocycles. The number of benzene rings is 1. The van der Waals surface area contributed by atoms with Crippen molar-refractivity contribution in [2.24, 2.45) is 0 Å². The molecular weight excluding hydrogens is 231 g/mol. The Kier molecular flexibility index (Phi) is 4.18. The van der Waals surface area contributed by atoms with Crippen LogP contribution in [0.15, 0.2) is 24.3 Å². The molecule has 2 rings (SSSR count). The van der Waals surface area contributed by atoms with Crippen LogP contribution in [0, 0.1) is 5.82 Å². The smallest absolute Gasteiger partial charge is 0.315 e. The number of carbonyl (C=O) groups is 1. The third-order valence-electron chi connectivity index (χ3n) is 3.41. The highest BCUT2D eigenvalue weighted by Crippen LogP contribution is 2.18. The standard InChI is InChI=1S/C14H19FN2O/c1-10(12-8-4-5-9-13(12)15)16-14(18)17-11-6-2-3-7-11/h4-5,8-11H,2-3,6-7H2,1H3,(H2,16,17,18)/t10-/m0/s1. The summed E-state index contributed by atoms with van der Waals surface area (Å²) < 4.78 is 13.5. The van der Waals surface area contributed by atoms with Crippen molar-refractivity contribution in [1.29, 1.82) is 0 Å². The van der Waals surface area contributed by atoms with E-state index < -0.39 is 0 Å². The highest BCUT2D eigenvalue weighted by atomic mass is 19.1. The summed E-state index contributed by atoms with van der Waals surface area (Å²) in [6, 6.07) is 6.25. The molecule has 0 spiro atoms. The normalized spacial score (nSPS) is 17.4. The van der Waals surface area contributed by atoms with Crippen molar-refractivity contribution in [3.63, 3.8) is 0 Å². The predicted octanol–water partition coefficient (Wildman–Crippen LogP) is 3.13. The molecule has 4 heteroatoms. The molecule has 1 aliphatic rings. The van der Waals surface area contributed by atoms with Crippen LogP contribution in [0.1, 0.15) is 44.2 Å². The number of nitrogens with one attached hydrogen (secondary N) is 2. The first-order chi connectivity index (χ1) is 8.66. The molecule has 1 atom stereocenters. The summed E-state index contributed by atoms with van der Waals surface area (Å²) in [4.78, 5) is 11.7. The Bertz CT molecular complexity index is 416. The van der Waals surface area contributed by atoms with Crippen LogP contribution in [0.4, 0.5) is 9.18 Å². The first-order valence-corrected chi connectivity index (χ1v) is 6.48. The summed E-state index contributed by atoms with van der Waals surface area (Å²) in [6.45, 7) is 1.78. The van der Waals surface area contributed by atoms with Crippen molar-refractivity contribution >= 4 is 6.03 Å². The topological polar surface area (TPSA) is 41.1 Å². The predicted molar refractivity (Wildman–Crippen MR) is 68.7 cm³/mol. The number of carbonyl (C=O) groups excluding carboxylic acids is 1. The molecule has 1 aromatic carbocycles. The van der Waals surface area contributed by atoms with Gasteiger partial charge < -0.3 is 10.6 Å². The molecule has 98 valence electrons. The van der Waals surface area contributed by atoms with Gasteiger partial charge in [-0.15, -0.1) is 0 Å². The molecule has 1 aromatic rings. The zero-order valence-electron chi connectivity index (χ0n) is 10.6. The van der Waals surface area contributed by atoms with Gasteiger partial charge in [0.15, 0.2) is 0 Å². The van der Waals surface area contributed by atoms with Gasteiger partial charge in [-0.05, 0) is 25.8 Å². The maximum atomic E-state index is 13.5. The Labute approximate surface area is 107 Å². The van der Waals surface area contributed by atoms with Crippen LogP contribution in [-0.2, 0) is 0 Å². The zero-order valence-corrected chi connectivity index (χ0v) is 10.6. The van der Waals surface area contributed by atoms with Crippen molar-refractivity contribution in [3.8, 4) is 0 Å². The van der Waals surface area contributed by atoms with E-state index >= 15 is 0 Å².